The molecule has 0 radical (unpaired) electrons. The molecule has 0 heterocycles. The van der Waals surface area contributed by atoms with Crippen LogP contribution in [0.2, 0.25) is 5.02 Å². The van der Waals surface area contributed by atoms with Crippen molar-refractivity contribution in [3.8, 4) is 0 Å². The highest BCUT2D eigenvalue weighted by Gasteiger charge is 2.22. The SMILES string of the molecule is CCCCN(CC)C(c1cccc(Cl)c1)C(C)N. The maximum absolute atomic E-state index is 6.18. The smallest absolute Gasteiger partial charge is 0.0496 e. The van der Waals surface area contributed by atoms with Gasteiger partial charge in [-0.25, -0.2) is 0 Å². The molecule has 1 rings (SSSR count). The van der Waals surface area contributed by atoms with Gasteiger partial charge in [-0.3, -0.25) is 4.90 Å². The van der Waals surface area contributed by atoms with Crippen molar-refractivity contribution in [3.05, 3.63) is 34.9 Å². The van der Waals surface area contributed by atoms with Crippen molar-refractivity contribution in [2.24, 2.45) is 5.73 Å². The fraction of sp³-hybridized carbons (Fsp3) is 0.600. The summed E-state index contributed by atoms with van der Waals surface area (Å²) in [5.74, 6) is 0. The predicted octanol–water partition coefficient (Wildman–Crippen LogP) is 3.85. The quantitative estimate of drug-likeness (QED) is 0.814. The minimum Gasteiger partial charge on any atom is -0.326 e. The molecule has 0 saturated heterocycles. The molecular weight excluding hydrogens is 244 g/mol. The number of hydrogen-bond acceptors (Lipinski definition) is 2. The van der Waals surface area contributed by atoms with Crippen LogP contribution in [0.25, 0.3) is 0 Å². The van der Waals surface area contributed by atoms with E-state index in [0.717, 1.165) is 18.1 Å². The zero-order chi connectivity index (χ0) is 13.5. The Balaban J connectivity index is 2.93. The summed E-state index contributed by atoms with van der Waals surface area (Å²) in [6.07, 6.45) is 2.41. The van der Waals surface area contributed by atoms with Gasteiger partial charge in [-0.2, -0.15) is 0 Å². The Bertz CT molecular complexity index is 352. The Hall–Kier alpha value is -0.570. The fourth-order valence-electron chi connectivity index (χ4n) is 2.39. The molecule has 0 saturated carbocycles. The summed E-state index contributed by atoms with van der Waals surface area (Å²) in [4.78, 5) is 2.44. The predicted molar refractivity (Wildman–Crippen MR) is 80.0 cm³/mol. The average molecular weight is 269 g/mol. The molecule has 3 heteroatoms. The molecule has 102 valence electrons. The zero-order valence-electron chi connectivity index (χ0n) is 11.7. The van der Waals surface area contributed by atoms with E-state index in [1.165, 1.54) is 18.4 Å². The van der Waals surface area contributed by atoms with E-state index < -0.39 is 0 Å². The molecule has 0 spiro atoms. The molecule has 2 N–H and O–H groups in total. The molecule has 2 unspecified atom stereocenters. The highest BCUT2D eigenvalue weighted by molar-refractivity contribution is 6.30. The first-order chi connectivity index (χ1) is 8.60. The average Bonchev–Trinajstić information content (AvgIpc) is 2.33. The van der Waals surface area contributed by atoms with Crippen LogP contribution >= 0.6 is 11.6 Å². The summed E-state index contributed by atoms with van der Waals surface area (Å²) >= 11 is 6.09. The van der Waals surface area contributed by atoms with E-state index in [0.29, 0.717) is 0 Å². The summed E-state index contributed by atoms with van der Waals surface area (Å²) in [6, 6.07) is 8.41. The lowest BCUT2D eigenvalue weighted by molar-refractivity contribution is 0.183. The van der Waals surface area contributed by atoms with Gasteiger partial charge in [0.15, 0.2) is 0 Å². The summed E-state index contributed by atoms with van der Waals surface area (Å²) in [6.45, 7) is 8.58. The third-order valence-corrected chi connectivity index (χ3v) is 3.52. The lowest BCUT2D eigenvalue weighted by atomic mass is 9.99. The maximum atomic E-state index is 6.18. The highest BCUT2D eigenvalue weighted by atomic mass is 35.5. The third-order valence-electron chi connectivity index (χ3n) is 3.29. The van der Waals surface area contributed by atoms with Crippen molar-refractivity contribution in [1.29, 1.82) is 0 Å². The van der Waals surface area contributed by atoms with E-state index in [-0.39, 0.29) is 12.1 Å². The second-order valence-corrected chi connectivity index (χ2v) is 5.28. The molecule has 18 heavy (non-hydrogen) atoms. The largest absolute Gasteiger partial charge is 0.326 e. The monoisotopic (exact) mass is 268 g/mol. The van der Waals surface area contributed by atoms with Crippen molar-refractivity contribution in [2.75, 3.05) is 13.1 Å². The van der Waals surface area contributed by atoms with Crippen molar-refractivity contribution >= 4 is 11.6 Å². The number of hydrogen-bond donors (Lipinski definition) is 1. The fourth-order valence-corrected chi connectivity index (χ4v) is 2.59. The number of benzene rings is 1. The Morgan fingerprint density at radius 1 is 1.33 bits per heavy atom. The van der Waals surface area contributed by atoms with Crippen LogP contribution in [-0.2, 0) is 0 Å². The molecule has 0 bridgehead atoms. The number of halogens is 1. The minimum atomic E-state index is 0.0975. The maximum Gasteiger partial charge on any atom is 0.0496 e. The summed E-state index contributed by atoms with van der Waals surface area (Å²) in [5.41, 5.74) is 7.40. The van der Waals surface area contributed by atoms with Crippen LogP contribution in [0.1, 0.15) is 45.2 Å². The molecule has 0 fully saturated rings. The lowest BCUT2D eigenvalue weighted by Crippen LogP contribution is -2.40. The van der Waals surface area contributed by atoms with Crippen LogP contribution in [0.15, 0.2) is 24.3 Å². The molecule has 1 aromatic rings. The molecular formula is C15H25ClN2. The van der Waals surface area contributed by atoms with Crippen LogP contribution in [0.3, 0.4) is 0 Å². The van der Waals surface area contributed by atoms with Gasteiger partial charge in [-0.15, -0.1) is 0 Å². The Morgan fingerprint density at radius 3 is 2.56 bits per heavy atom. The number of nitrogens with zero attached hydrogens (tertiary/aromatic N) is 1. The van der Waals surface area contributed by atoms with E-state index >= 15 is 0 Å². The van der Waals surface area contributed by atoms with Gasteiger partial charge < -0.3 is 5.73 Å². The molecule has 0 amide bonds. The van der Waals surface area contributed by atoms with Crippen molar-refractivity contribution in [1.82, 2.24) is 4.90 Å². The second kappa shape index (κ2) is 7.78. The number of likely N-dealkylation sites (N-methyl/N-ethyl adjacent to an activating group) is 1. The first kappa shape index (κ1) is 15.5. The molecule has 0 aliphatic carbocycles. The summed E-state index contributed by atoms with van der Waals surface area (Å²) in [5, 5.41) is 0.782. The first-order valence-electron chi connectivity index (χ1n) is 6.85. The van der Waals surface area contributed by atoms with Crippen LogP contribution in [0.5, 0.6) is 0 Å². The van der Waals surface area contributed by atoms with Crippen LogP contribution < -0.4 is 5.73 Å². The first-order valence-corrected chi connectivity index (χ1v) is 7.23. The zero-order valence-corrected chi connectivity index (χ0v) is 12.5. The Labute approximate surface area is 116 Å². The third kappa shape index (κ3) is 4.27. The van der Waals surface area contributed by atoms with Crippen molar-refractivity contribution in [3.63, 3.8) is 0 Å². The Kier molecular flexibility index (Phi) is 6.69. The number of nitrogens with two attached hydrogens (primary N) is 1. The van der Waals surface area contributed by atoms with E-state index in [4.69, 9.17) is 17.3 Å². The van der Waals surface area contributed by atoms with E-state index in [2.05, 4.69) is 31.7 Å². The number of rotatable bonds is 7. The standard InChI is InChI=1S/C15H25ClN2/c1-4-6-10-18(5-2)15(12(3)17)13-8-7-9-14(16)11-13/h7-9,11-12,15H,4-6,10,17H2,1-3H3. The Morgan fingerprint density at radius 2 is 2.06 bits per heavy atom. The van der Waals surface area contributed by atoms with E-state index in [9.17, 15) is 0 Å². The topological polar surface area (TPSA) is 29.3 Å². The van der Waals surface area contributed by atoms with Gasteiger partial charge in [0.1, 0.15) is 0 Å². The van der Waals surface area contributed by atoms with Gasteiger partial charge in [0.05, 0.1) is 0 Å². The second-order valence-electron chi connectivity index (χ2n) is 4.84. The normalized spacial score (nSPS) is 14.8. The highest BCUT2D eigenvalue weighted by Crippen LogP contribution is 2.26. The van der Waals surface area contributed by atoms with Crippen LogP contribution in [-0.4, -0.2) is 24.0 Å². The van der Waals surface area contributed by atoms with E-state index in [1.54, 1.807) is 0 Å². The lowest BCUT2D eigenvalue weighted by Gasteiger charge is -2.34. The molecule has 0 aromatic heterocycles. The molecule has 2 atom stereocenters. The molecule has 0 aliphatic heterocycles. The number of unbranched alkanes of at least 4 members (excludes halogenated alkanes) is 1. The molecule has 1 aromatic carbocycles. The van der Waals surface area contributed by atoms with Crippen molar-refractivity contribution < 1.29 is 0 Å². The summed E-state index contributed by atoms with van der Waals surface area (Å²) < 4.78 is 0. The van der Waals surface area contributed by atoms with Crippen LogP contribution in [0, 0.1) is 0 Å². The van der Waals surface area contributed by atoms with Gasteiger partial charge in [0.25, 0.3) is 0 Å². The summed E-state index contributed by atoms with van der Waals surface area (Å²) in [7, 11) is 0. The van der Waals surface area contributed by atoms with Gasteiger partial charge in [0.2, 0.25) is 0 Å². The molecule has 2 nitrogen and oxygen atoms in total. The van der Waals surface area contributed by atoms with Gasteiger partial charge in [-0.1, -0.05) is 44.0 Å². The molecule has 0 aliphatic rings. The van der Waals surface area contributed by atoms with Gasteiger partial charge in [-0.05, 0) is 44.1 Å². The minimum absolute atomic E-state index is 0.0975. The van der Waals surface area contributed by atoms with Gasteiger partial charge in [0, 0.05) is 17.1 Å². The van der Waals surface area contributed by atoms with Crippen molar-refractivity contribution in [2.45, 2.75) is 45.7 Å². The van der Waals surface area contributed by atoms with Gasteiger partial charge >= 0.3 is 0 Å². The van der Waals surface area contributed by atoms with Crippen LogP contribution in [0.4, 0.5) is 0 Å². The van der Waals surface area contributed by atoms with E-state index in [1.807, 2.05) is 18.2 Å².